The monoisotopic (exact) mass is 634 g/mol. The number of pyridine rings is 1. The van der Waals surface area contributed by atoms with Gasteiger partial charge in [-0.05, 0) is 23.3 Å². The third-order valence-electron chi connectivity index (χ3n) is 8.80. The summed E-state index contributed by atoms with van der Waals surface area (Å²) in [6.45, 7) is -0.801. The van der Waals surface area contributed by atoms with Crippen LogP contribution in [-0.4, -0.2) is 54.1 Å². The van der Waals surface area contributed by atoms with Gasteiger partial charge in [-0.15, -0.1) is 0 Å². The van der Waals surface area contributed by atoms with E-state index in [2.05, 4.69) is 0 Å². The number of alkyl halides is 2. The Morgan fingerprint density at radius 1 is 0.957 bits per heavy atom. The second-order valence-corrected chi connectivity index (χ2v) is 11.5. The summed E-state index contributed by atoms with van der Waals surface area (Å²) in [6.07, 6.45) is -2.94. The zero-order chi connectivity index (χ0) is 31.7. The molecule has 5 heterocycles. The van der Waals surface area contributed by atoms with E-state index in [0.717, 1.165) is 11.6 Å². The summed E-state index contributed by atoms with van der Waals surface area (Å²) in [5.74, 6) is -3.05. The summed E-state index contributed by atoms with van der Waals surface area (Å²) in [4.78, 5) is 30.3. The van der Waals surface area contributed by atoms with Gasteiger partial charge >= 0.3 is 6.11 Å². The van der Waals surface area contributed by atoms with E-state index in [0.29, 0.717) is 11.1 Å². The maximum atomic E-state index is 15.7. The summed E-state index contributed by atoms with van der Waals surface area (Å²) in [6, 6.07) is 16.5. The first-order valence-corrected chi connectivity index (χ1v) is 14.7. The molecule has 236 valence electrons. The summed E-state index contributed by atoms with van der Waals surface area (Å²) in [5, 5.41) is 1.74. The number of aromatic nitrogens is 1. The van der Waals surface area contributed by atoms with E-state index >= 15 is 4.39 Å². The smallest absolute Gasteiger partial charge is 0.415 e. The second kappa shape index (κ2) is 10.5. The van der Waals surface area contributed by atoms with Gasteiger partial charge in [-0.1, -0.05) is 48.5 Å². The average Bonchev–Trinajstić information content (AvgIpc) is 3.18. The fourth-order valence-corrected chi connectivity index (χ4v) is 6.87. The van der Waals surface area contributed by atoms with Crippen LogP contribution in [0.1, 0.15) is 38.8 Å². The maximum Gasteiger partial charge on any atom is 0.415 e. The molecule has 3 aromatic carbocycles. The van der Waals surface area contributed by atoms with Crippen molar-refractivity contribution in [2.45, 2.75) is 31.5 Å². The van der Waals surface area contributed by atoms with Gasteiger partial charge in [-0.25, -0.2) is 8.78 Å². The van der Waals surface area contributed by atoms with E-state index in [4.69, 9.17) is 14.2 Å². The Bertz CT molecular complexity index is 1940. The highest BCUT2D eigenvalue weighted by Crippen LogP contribution is 2.50. The fraction of sp³-hybridized carbons (Fsp3) is 0.273. The molecule has 8 rings (SSSR count). The zero-order valence-corrected chi connectivity index (χ0v) is 24.2. The van der Waals surface area contributed by atoms with Crippen LogP contribution in [0.25, 0.3) is 0 Å². The van der Waals surface area contributed by atoms with E-state index in [1.807, 2.05) is 30.3 Å². The molecular weight excluding hydrogens is 608 g/mol. The SMILES string of the molecule is O=C1c2c(OCc3ccccc3)c(=O)ccn2N(C2c3ccc(F)c(F)c3CN3CC(F)(F)Oc4cccc2c43)C2COCCN12. The molecule has 46 heavy (non-hydrogen) atoms. The lowest BCUT2D eigenvalue weighted by Gasteiger charge is -2.51. The van der Waals surface area contributed by atoms with Gasteiger partial charge in [-0.2, -0.15) is 8.78 Å². The molecule has 0 aliphatic carbocycles. The Labute approximate surface area is 259 Å². The topological polar surface area (TPSA) is 76.5 Å². The minimum Gasteiger partial charge on any atom is -0.482 e. The molecule has 1 aromatic heterocycles. The Balaban J connectivity index is 1.37. The Hall–Kier alpha value is -5.04. The predicted molar refractivity (Wildman–Crippen MR) is 157 cm³/mol. The van der Waals surface area contributed by atoms with Crippen LogP contribution in [0.15, 0.2) is 77.7 Å². The third-order valence-corrected chi connectivity index (χ3v) is 8.80. The van der Waals surface area contributed by atoms with Gasteiger partial charge in [0.15, 0.2) is 23.1 Å². The first-order valence-electron chi connectivity index (χ1n) is 14.7. The van der Waals surface area contributed by atoms with Gasteiger partial charge in [0, 0.05) is 36.5 Å². The number of halogens is 4. The van der Waals surface area contributed by atoms with Crippen LogP contribution in [-0.2, 0) is 17.9 Å². The zero-order valence-electron chi connectivity index (χ0n) is 24.2. The second-order valence-electron chi connectivity index (χ2n) is 11.5. The van der Waals surface area contributed by atoms with Crippen molar-refractivity contribution >= 4 is 11.6 Å². The highest BCUT2D eigenvalue weighted by molar-refractivity contribution is 5.96. The lowest BCUT2D eigenvalue weighted by Crippen LogP contribution is -2.66. The van der Waals surface area contributed by atoms with Crippen molar-refractivity contribution < 1.29 is 36.6 Å². The van der Waals surface area contributed by atoms with E-state index in [-0.39, 0.29) is 61.4 Å². The summed E-state index contributed by atoms with van der Waals surface area (Å²) in [5.41, 5.74) is 1.12. The first-order chi connectivity index (χ1) is 22.2. The highest BCUT2D eigenvalue weighted by atomic mass is 19.3. The number of carbonyl (C=O) groups is 1. The highest BCUT2D eigenvalue weighted by Gasteiger charge is 2.49. The van der Waals surface area contributed by atoms with E-state index in [1.54, 1.807) is 22.0 Å². The predicted octanol–water partition coefficient (Wildman–Crippen LogP) is 4.55. The number of benzene rings is 3. The number of amides is 1. The lowest BCUT2D eigenvalue weighted by atomic mass is 9.92. The number of para-hydroxylation sites is 1. The van der Waals surface area contributed by atoms with Gasteiger partial charge < -0.3 is 24.0 Å². The molecule has 4 aromatic rings. The summed E-state index contributed by atoms with van der Waals surface area (Å²) < 4.78 is 78.6. The van der Waals surface area contributed by atoms with Crippen molar-refractivity contribution in [2.24, 2.45) is 0 Å². The number of ether oxygens (including phenoxy) is 3. The minimum absolute atomic E-state index is 0.0103. The number of rotatable bonds is 4. The van der Waals surface area contributed by atoms with Crippen LogP contribution >= 0.6 is 0 Å². The molecule has 0 spiro atoms. The number of nitrogens with zero attached hydrogens (tertiary/aromatic N) is 4. The normalized spacial score (nSPS) is 21.0. The molecule has 13 heteroatoms. The standard InChI is InChI=1S/C33H26F4N4O5/c34-23-10-9-20-22(27(23)35)15-38-18-33(36,37)46-25-8-4-7-21(29(25)38)28(20)41-26-17-44-14-13-39(26)32(43)30-31(24(42)11-12-40(30)41)45-16-19-5-2-1-3-6-19/h1-12,26,28H,13-18H2. The van der Waals surface area contributed by atoms with Gasteiger partial charge in [0.2, 0.25) is 5.43 Å². The molecule has 2 atom stereocenters. The lowest BCUT2D eigenvalue weighted by molar-refractivity contribution is -0.172. The molecule has 2 unspecified atom stereocenters. The van der Waals surface area contributed by atoms with Crippen molar-refractivity contribution in [3.8, 4) is 11.5 Å². The number of fused-ring (bicyclic) bond motifs is 3. The van der Waals surface area contributed by atoms with E-state index in [9.17, 15) is 22.8 Å². The van der Waals surface area contributed by atoms with Gasteiger partial charge in [0.1, 0.15) is 31.1 Å². The Kier molecular flexibility index (Phi) is 6.50. The number of hydrogen-bond donors (Lipinski definition) is 0. The van der Waals surface area contributed by atoms with E-state index in [1.165, 1.54) is 34.0 Å². The first kappa shape index (κ1) is 28.4. The van der Waals surface area contributed by atoms with Crippen molar-refractivity contribution in [2.75, 3.05) is 36.2 Å². The van der Waals surface area contributed by atoms with Gasteiger partial charge in [-0.3, -0.25) is 19.3 Å². The number of carbonyl (C=O) groups excluding carboxylic acids is 1. The van der Waals surface area contributed by atoms with Crippen LogP contribution in [0.5, 0.6) is 11.5 Å². The molecular formula is C33H26F4N4O5. The molecule has 0 saturated carbocycles. The fourth-order valence-electron chi connectivity index (χ4n) is 6.87. The largest absolute Gasteiger partial charge is 0.482 e. The molecule has 4 aliphatic rings. The maximum absolute atomic E-state index is 15.7. The molecule has 1 amide bonds. The van der Waals surface area contributed by atoms with Crippen molar-refractivity contribution in [1.82, 2.24) is 9.58 Å². The molecule has 4 aliphatic heterocycles. The van der Waals surface area contributed by atoms with Crippen LogP contribution in [0.3, 0.4) is 0 Å². The van der Waals surface area contributed by atoms with Crippen molar-refractivity contribution in [3.63, 3.8) is 0 Å². The Morgan fingerprint density at radius 3 is 2.61 bits per heavy atom. The molecule has 9 nitrogen and oxygen atoms in total. The minimum atomic E-state index is -3.59. The number of anilines is 1. The summed E-state index contributed by atoms with van der Waals surface area (Å²) >= 11 is 0. The quantitative estimate of drug-likeness (QED) is 0.305. The number of hydrogen-bond acceptors (Lipinski definition) is 7. The third kappa shape index (κ3) is 4.40. The molecule has 0 N–H and O–H groups in total. The average molecular weight is 635 g/mol. The van der Waals surface area contributed by atoms with Crippen molar-refractivity contribution in [3.05, 3.63) is 123 Å². The van der Waals surface area contributed by atoms with Gasteiger partial charge in [0.05, 0.1) is 18.9 Å². The molecule has 0 bridgehead atoms. The van der Waals surface area contributed by atoms with Crippen LogP contribution in [0, 0.1) is 11.6 Å². The molecule has 1 fully saturated rings. The molecule has 1 saturated heterocycles. The number of morpholine rings is 1. The molecule has 0 radical (unpaired) electrons. The van der Waals surface area contributed by atoms with Gasteiger partial charge in [0.25, 0.3) is 5.91 Å². The van der Waals surface area contributed by atoms with Crippen LogP contribution in [0.4, 0.5) is 23.2 Å². The Morgan fingerprint density at radius 2 is 1.78 bits per heavy atom. The van der Waals surface area contributed by atoms with Crippen LogP contribution < -0.4 is 24.8 Å². The summed E-state index contributed by atoms with van der Waals surface area (Å²) in [7, 11) is 0. The van der Waals surface area contributed by atoms with Crippen molar-refractivity contribution in [1.29, 1.82) is 0 Å². The van der Waals surface area contributed by atoms with E-state index < -0.39 is 47.8 Å². The van der Waals surface area contributed by atoms with Crippen LogP contribution in [0.2, 0.25) is 0 Å².